The maximum absolute atomic E-state index is 12.3. The van der Waals surface area contributed by atoms with Gasteiger partial charge in [0.1, 0.15) is 5.75 Å². The molecule has 28 heavy (non-hydrogen) atoms. The number of likely N-dealkylation sites (tertiary alicyclic amines) is 1. The van der Waals surface area contributed by atoms with Gasteiger partial charge in [0.25, 0.3) is 5.91 Å². The summed E-state index contributed by atoms with van der Waals surface area (Å²) in [5.74, 6) is 0.868. The summed E-state index contributed by atoms with van der Waals surface area (Å²) in [7, 11) is 0. The van der Waals surface area contributed by atoms with Gasteiger partial charge in [-0.15, -0.1) is 0 Å². The van der Waals surface area contributed by atoms with Crippen LogP contribution in [0, 0.1) is 0 Å². The molecule has 5 heteroatoms. The monoisotopic (exact) mass is 381 g/mol. The standard InChI is InChI=1S/C23H31N3O2/c24-13-17-25(16-12-20-8-2-1-3-9-20)18-21-10-4-5-11-22(21)28-19-23(27)26-14-6-7-15-26/h1-5,8-11H,6-7,12-19,24H2. The molecule has 2 N–H and O–H groups in total. The molecule has 0 spiro atoms. The summed E-state index contributed by atoms with van der Waals surface area (Å²) in [6.45, 7) is 4.96. The van der Waals surface area contributed by atoms with E-state index in [1.54, 1.807) is 0 Å². The molecular formula is C23H31N3O2. The fraction of sp³-hybridized carbons (Fsp3) is 0.435. The Hall–Kier alpha value is -2.37. The van der Waals surface area contributed by atoms with Crippen molar-refractivity contribution in [3.05, 3.63) is 65.7 Å². The molecule has 0 unspecified atom stereocenters. The zero-order chi connectivity index (χ0) is 19.6. The highest BCUT2D eigenvalue weighted by Gasteiger charge is 2.19. The normalized spacial score (nSPS) is 13.9. The molecule has 2 aromatic carbocycles. The van der Waals surface area contributed by atoms with Crippen molar-refractivity contribution in [1.82, 2.24) is 9.80 Å². The van der Waals surface area contributed by atoms with E-state index in [-0.39, 0.29) is 12.5 Å². The van der Waals surface area contributed by atoms with Gasteiger partial charge in [0, 0.05) is 44.8 Å². The highest BCUT2D eigenvalue weighted by atomic mass is 16.5. The first kappa shape index (κ1) is 20.4. The number of rotatable bonds is 10. The van der Waals surface area contributed by atoms with Gasteiger partial charge in [0.2, 0.25) is 0 Å². The molecule has 1 saturated heterocycles. The van der Waals surface area contributed by atoms with Crippen LogP contribution in [0.2, 0.25) is 0 Å². The highest BCUT2D eigenvalue weighted by molar-refractivity contribution is 5.78. The Balaban J connectivity index is 1.58. The number of benzene rings is 2. The number of amides is 1. The quantitative estimate of drug-likeness (QED) is 0.687. The van der Waals surface area contributed by atoms with E-state index in [2.05, 4.69) is 35.2 Å². The van der Waals surface area contributed by atoms with Gasteiger partial charge in [-0.05, 0) is 30.9 Å². The van der Waals surface area contributed by atoms with Gasteiger partial charge in [-0.1, -0.05) is 48.5 Å². The number of ether oxygens (including phenoxy) is 1. The first-order valence-electron chi connectivity index (χ1n) is 10.2. The summed E-state index contributed by atoms with van der Waals surface area (Å²) in [5, 5.41) is 0. The van der Waals surface area contributed by atoms with E-state index < -0.39 is 0 Å². The fourth-order valence-electron chi connectivity index (χ4n) is 3.60. The van der Waals surface area contributed by atoms with Gasteiger partial charge in [-0.2, -0.15) is 0 Å². The van der Waals surface area contributed by atoms with Crippen molar-refractivity contribution in [1.29, 1.82) is 0 Å². The van der Waals surface area contributed by atoms with E-state index >= 15 is 0 Å². The predicted molar refractivity (Wildman–Crippen MR) is 112 cm³/mol. The predicted octanol–water partition coefficient (Wildman–Crippen LogP) is 2.69. The molecule has 0 bridgehead atoms. The van der Waals surface area contributed by atoms with Gasteiger partial charge in [0.15, 0.2) is 6.61 Å². The summed E-state index contributed by atoms with van der Waals surface area (Å²) in [6.07, 6.45) is 3.17. The van der Waals surface area contributed by atoms with Crippen molar-refractivity contribution in [2.24, 2.45) is 5.73 Å². The smallest absolute Gasteiger partial charge is 0.260 e. The fourth-order valence-corrected chi connectivity index (χ4v) is 3.60. The number of hydrogen-bond donors (Lipinski definition) is 1. The minimum atomic E-state index is 0.0789. The molecule has 1 fully saturated rings. The Morgan fingerprint density at radius 1 is 1.00 bits per heavy atom. The molecule has 0 aromatic heterocycles. The van der Waals surface area contributed by atoms with E-state index in [4.69, 9.17) is 10.5 Å². The van der Waals surface area contributed by atoms with E-state index in [9.17, 15) is 4.79 Å². The zero-order valence-electron chi connectivity index (χ0n) is 16.6. The van der Waals surface area contributed by atoms with Crippen LogP contribution in [0.15, 0.2) is 54.6 Å². The lowest BCUT2D eigenvalue weighted by Crippen LogP contribution is -2.33. The lowest BCUT2D eigenvalue weighted by molar-refractivity contribution is -0.132. The molecule has 150 valence electrons. The van der Waals surface area contributed by atoms with Gasteiger partial charge in [-0.25, -0.2) is 0 Å². The molecule has 0 atom stereocenters. The van der Waals surface area contributed by atoms with E-state index in [0.29, 0.717) is 6.54 Å². The Kier molecular flexibility index (Phi) is 7.88. The Bertz CT molecular complexity index is 730. The summed E-state index contributed by atoms with van der Waals surface area (Å²) in [5.41, 5.74) is 8.26. The third-order valence-corrected chi connectivity index (χ3v) is 5.18. The third-order valence-electron chi connectivity index (χ3n) is 5.18. The molecular weight excluding hydrogens is 350 g/mol. The molecule has 0 aliphatic carbocycles. The molecule has 2 aromatic rings. The Morgan fingerprint density at radius 2 is 1.71 bits per heavy atom. The number of carbonyl (C=O) groups excluding carboxylic acids is 1. The highest BCUT2D eigenvalue weighted by Crippen LogP contribution is 2.20. The molecule has 1 heterocycles. The lowest BCUT2D eigenvalue weighted by atomic mass is 10.1. The van der Waals surface area contributed by atoms with Crippen LogP contribution in [-0.2, 0) is 17.8 Å². The largest absolute Gasteiger partial charge is 0.483 e. The number of nitrogens with two attached hydrogens (primary N) is 1. The minimum Gasteiger partial charge on any atom is -0.483 e. The maximum Gasteiger partial charge on any atom is 0.260 e. The Labute approximate surface area is 168 Å². The third kappa shape index (κ3) is 6.08. The van der Waals surface area contributed by atoms with Crippen molar-refractivity contribution < 1.29 is 9.53 Å². The maximum atomic E-state index is 12.3. The van der Waals surface area contributed by atoms with Crippen LogP contribution in [0.5, 0.6) is 5.75 Å². The number of para-hydroxylation sites is 1. The zero-order valence-corrected chi connectivity index (χ0v) is 16.6. The minimum absolute atomic E-state index is 0.0789. The Morgan fingerprint density at radius 3 is 2.46 bits per heavy atom. The van der Waals surface area contributed by atoms with E-state index in [0.717, 1.165) is 63.3 Å². The van der Waals surface area contributed by atoms with Gasteiger partial charge < -0.3 is 15.4 Å². The second kappa shape index (κ2) is 10.8. The lowest BCUT2D eigenvalue weighted by Gasteiger charge is -2.23. The van der Waals surface area contributed by atoms with Crippen LogP contribution in [0.3, 0.4) is 0 Å². The van der Waals surface area contributed by atoms with Crippen molar-refractivity contribution in [2.45, 2.75) is 25.8 Å². The topological polar surface area (TPSA) is 58.8 Å². The number of hydrogen-bond acceptors (Lipinski definition) is 4. The molecule has 5 nitrogen and oxygen atoms in total. The molecule has 1 aliphatic heterocycles. The molecule has 1 aliphatic rings. The van der Waals surface area contributed by atoms with Gasteiger partial charge in [0.05, 0.1) is 0 Å². The second-order valence-electron chi connectivity index (χ2n) is 7.28. The average molecular weight is 382 g/mol. The van der Waals surface area contributed by atoms with Crippen molar-refractivity contribution >= 4 is 5.91 Å². The molecule has 3 rings (SSSR count). The van der Waals surface area contributed by atoms with E-state index in [1.807, 2.05) is 29.2 Å². The van der Waals surface area contributed by atoms with Crippen LogP contribution < -0.4 is 10.5 Å². The average Bonchev–Trinajstić information content (AvgIpc) is 3.27. The first-order valence-corrected chi connectivity index (χ1v) is 10.2. The van der Waals surface area contributed by atoms with Gasteiger partial charge in [-0.3, -0.25) is 9.69 Å². The first-order chi connectivity index (χ1) is 13.8. The molecule has 0 saturated carbocycles. The van der Waals surface area contributed by atoms with Crippen LogP contribution >= 0.6 is 0 Å². The molecule has 0 radical (unpaired) electrons. The van der Waals surface area contributed by atoms with Crippen molar-refractivity contribution in [2.75, 3.05) is 39.3 Å². The van der Waals surface area contributed by atoms with Crippen molar-refractivity contribution in [3.63, 3.8) is 0 Å². The van der Waals surface area contributed by atoms with Crippen LogP contribution in [0.25, 0.3) is 0 Å². The number of nitrogens with zero attached hydrogens (tertiary/aromatic N) is 2. The summed E-state index contributed by atoms with van der Waals surface area (Å²) >= 11 is 0. The van der Waals surface area contributed by atoms with Crippen molar-refractivity contribution in [3.8, 4) is 5.75 Å². The number of carbonyl (C=O) groups is 1. The second-order valence-corrected chi connectivity index (χ2v) is 7.28. The summed E-state index contributed by atoms with van der Waals surface area (Å²) < 4.78 is 5.90. The summed E-state index contributed by atoms with van der Waals surface area (Å²) in [6, 6.07) is 18.5. The summed E-state index contributed by atoms with van der Waals surface area (Å²) in [4.78, 5) is 16.5. The van der Waals surface area contributed by atoms with Crippen LogP contribution in [0.4, 0.5) is 0 Å². The van der Waals surface area contributed by atoms with Crippen LogP contribution in [-0.4, -0.2) is 55.0 Å². The SMILES string of the molecule is NCCN(CCc1ccccc1)Cc1ccccc1OCC(=O)N1CCCC1. The van der Waals surface area contributed by atoms with E-state index in [1.165, 1.54) is 5.56 Å². The van der Waals surface area contributed by atoms with Gasteiger partial charge >= 0.3 is 0 Å². The van der Waals surface area contributed by atoms with Crippen LogP contribution in [0.1, 0.15) is 24.0 Å². The molecule has 1 amide bonds.